The topological polar surface area (TPSA) is 66.8 Å². The molecule has 5 aromatic carbocycles. The molecule has 0 spiro atoms. The SMILES string of the molecule is O=C1OC(c2c(O)ccc3ccccc23)(c2c(O)ccc3ccccc23)c2ccccc21. The largest absolute Gasteiger partial charge is 0.507 e. The van der Waals surface area contributed by atoms with Crippen LogP contribution in [0.3, 0.4) is 0 Å². The third kappa shape index (κ3) is 2.35. The molecule has 154 valence electrons. The van der Waals surface area contributed by atoms with Gasteiger partial charge in [-0.15, -0.1) is 0 Å². The fourth-order valence-electron chi connectivity index (χ4n) is 4.97. The quantitative estimate of drug-likeness (QED) is 0.352. The summed E-state index contributed by atoms with van der Waals surface area (Å²) in [6, 6.07) is 29.3. The van der Waals surface area contributed by atoms with Gasteiger partial charge in [0.2, 0.25) is 0 Å². The summed E-state index contributed by atoms with van der Waals surface area (Å²) in [5.41, 5.74) is 0.334. The van der Waals surface area contributed by atoms with Crippen molar-refractivity contribution >= 4 is 27.5 Å². The minimum absolute atomic E-state index is 0.0134. The summed E-state index contributed by atoms with van der Waals surface area (Å²) in [6.45, 7) is 0. The van der Waals surface area contributed by atoms with Crippen molar-refractivity contribution in [2.45, 2.75) is 5.60 Å². The summed E-state index contributed by atoms with van der Waals surface area (Å²) in [4.78, 5) is 13.1. The fraction of sp³-hybridized carbons (Fsp3) is 0.0357. The van der Waals surface area contributed by atoms with Gasteiger partial charge in [-0.25, -0.2) is 4.79 Å². The molecule has 0 amide bonds. The van der Waals surface area contributed by atoms with Gasteiger partial charge in [0.1, 0.15) is 11.5 Å². The molecule has 0 saturated carbocycles. The first-order valence-electron chi connectivity index (χ1n) is 10.4. The zero-order valence-electron chi connectivity index (χ0n) is 16.9. The fourth-order valence-corrected chi connectivity index (χ4v) is 4.97. The summed E-state index contributed by atoms with van der Waals surface area (Å²) >= 11 is 0. The Morgan fingerprint density at radius 3 is 1.69 bits per heavy atom. The maximum absolute atomic E-state index is 13.1. The van der Waals surface area contributed by atoms with E-state index in [0.717, 1.165) is 21.5 Å². The van der Waals surface area contributed by atoms with Crippen molar-refractivity contribution in [2.75, 3.05) is 0 Å². The number of carbonyl (C=O) groups excluding carboxylic acids is 1. The molecule has 0 saturated heterocycles. The number of phenols is 2. The first-order valence-corrected chi connectivity index (χ1v) is 10.4. The molecule has 0 radical (unpaired) electrons. The van der Waals surface area contributed by atoms with Crippen LogP contribution in [-0.2, 0) is 10.3 Å². The van der Waals surface area contributed by atoms with E-state index in [1.165, 1.54) is 0 Å². The molecule has 1 aliphatic rings. The van der Waals surface area contributed by atoms with Gasteiger partial charge in [-0.3, -0.25) is 0 Å². The molecule has 4 heteroatoms. The Balaban J connectivity index is 1.87. The van der Waals surface area contributed by atoms with Crippen LogP contribution < -0.4 is 0 Å². The van der Waals surface area contributed by atoms with Crippen LogP contribution in [0.2, 0.25) is 0 Å². The Morgan fingerprint density at radius 1 is 0.594 bits per heavy atom. The Kier molecular flexibility index (Phi) is 3.80. The predicted molar refractivity (Wildman–Crippen MR) is 123 cm³/mol. The van der Waals surface area contributed by atoms with Gasteiger partial charge in [0.15, 0.2) is 5.60 Å². The van der Waals surface area contributed by atoms with Crippen molar-refractivity contribution in [3.63, 3.8) is 0 Å². The molecular formula is C28H18O4. The van der Waals surface area contributed by atoms with Crippen LogP contribution in [0, 0.1) is 0 Å². The number of aromatic hydroxyl groups is 2. The van der Waals surface area contributed by atoms with Crippen molar-refractivity contribution in [3.05, 3.63) is 119 Å². The summed E-state index contributed by atoms with van der Waals surface area (Å²) in [5, 5.41) is 25.7. The standard InChI is InChI=1S/C28H18O4/c29-23-15-13-17-7-1-3-9-19(17)25(23)28(22-12-6-5-11-21(22)27(31)32-28)26-20-10-4-2-8-18(20)14-16-24(26)30/h1-16,29-30H. The number of fused-ring (bicyclic) bond motifs is 3. The summed E-state index contributed by atoms with van der Waals surface area (Å²) in [7, 11) is 0. The Labute approximate surface area is 183 Å². The lowest BCUT2D eigenvalue weighted by Crippen LogP contribution is -2.30. The highest BCUT2D eigenvalue weighted by atomic mass is 16.6. The summed E-state index contributed by atoms with van der Waals surface area (Å²) in [5.74, 6) is -0.527. The van der Waals surface area contributed by atoms with Crippen LogP contribution in [0.4, 0.5) is 0 Å². The smallest absolute Gasteiger partial charge is 0.340 e. The van der Waals surface area contributed by atoms with Gasteiger partial charge in [-0.2, -0.15) is 0 Å². The van der Waals surface area contributed by atoms with Crippen LogP contribution in [0.5, 0.6) is 11.5 Å². The van der Waals surface area contributed by atoms with Gasteiger partial charge in [0, 0.05) is 5.56 Å². The second kappa shape index (κ2) is 6.59. The van der Waals surface area contributed by atoms with E-state index in [2.05, 4.69) is 0 Å². The molecule has 32 heavy (non-hydrogen) atoms. The molecule has 6 rings (SSSR count). The monoisotopic (exact) mass is 418 g/mol. The minimum atomic E-state index is -1.52. The number of benzene rings is 5. The zero-order chi connectivity index (χ0) is 21.9. The first-order chi connectivity index (χ1) is 15.6. The highest BCUT2D eigenvalue weighted by Gasteiger charge is 2.52. The number of cyclic esters (lactones) is 1. The van der Waals surface area contributed by atoms with E-state index in [4.69, 9.17) is 4.74 Å². The average Bonchev–Trinajstić information content (AvgIpc) is 3.11. The maximum Gasteiger partial charge on any atom is 0.340 e. The van der Waals surface area contributed by atoms with Gasteiger partial charge in [0.25, 0.3) is 0 Å². The molecule has 0 atom stereocenters. The Morgan fingerprint density at radius 2 is 1.09 bits per heavy atom. The lowest BCUT2D eigenvalue weighted by molar-refractivity contribution is 0.0249. The average molecular weight is 418 g/mol. The van der Waals surface area contributed by atoms with Crippen LogP contribution in [-0.4, -0.2) is 16.2 Å². The van der Waals surface area contributed by atoms with Gasteiger partial charge in [0.05, 0.1) is 16.7 Å². The van der Waals surface area contributed by atoms with Crippen LogP contribution >= 0.6 is 0 Å². The van der Waals surface area contributed by atoms with Crippen LogP contribution in [0.1, 0.15) is 27.0 Å². The molecule has 4 nitrogen and oxygen atoms in total. The summed E-state index contributed by atoms with van der Waals surface area (Å²) < 4.78 is 6.21. The van der Waals surface area contributed by atoms with E-state index in [1.54, 1.807) is 24.3 Å². The molecular weight excluding hydrogens is 400 g/mol. The van der Waals surface area contributed by atoms with Crippen molar-refractivity contribution in [3.8, 4) is 11.5 Å². The molecule has 0 aliphatic carbocycles. The third-order valence-electron chi connectivity index (χ3n) is 6.29. The van der Waals surface area contributed by atoms with Gasteiger partial charge in [-0.1, -0.05) is 78.9 Å². The normalized spacial score (nSPS) is 14.4. The summed E-state index contributed by atoms with van der Waals surface area (Å²) in [6.07, 6.45) is 0. The molecule has 1 aliphatic heterocycles. The zero-order valence-corrected chi connectivity index (χ0v) is 16.9. The highest BCUT2D eigenvalue weighted by molar-refractivity contribution is 6.01. The first kappa shape index (κ1) is 18.5. The van der Waals surface area contributed by atoms with Crippen molar-refractivity contribution < 1.29 is 19.7 Å². The third-order valence-corrected chi connectivity index (χ3v) is 6.29. The van der Waals surface area contributed by atoms with E-state index in [1.807, 2.05) is 72.8 Å². The van der Waals surface area contributed by atoms with Crippen molar-refractivity contribution in [1.82, 2.24) is 0 Å². The van der Waals surface area contributed by atoms with E-state index in [0.29, 0.717) is 22.3 Å². The second-order valence-corrected chi connectivity index (χ2v) is 7.98. The number of esters is 1. The molecule has 0 fully saturated rings. The number of rotatable bonds is 2. The maximum atomic E-state index is 13.1. The van der Waals surface area contributed by atoms with E-state index in [-0.39, 0.29) is 11.5 Å². The molecule has 5 aromatic rings. The van der Waals surface area contributed by atoms with Crippen molar-refractivity contribution in [1.29, 1.82) is 0 Å². The van der Waals surface area contributed by atoms with Crippen molar-refractivity contribution in [2.24, 2.45) is 0 Å². The molecule has 1 heterocycles. The number of hydrogen-bond acceptors (Lipinski definition) is 4. The lowest BCUT2D eigenvalue weighted by atomic mass is 9.75. The van der Waals surface area contributed by atoms with Crippen LogP contribution in [0.25, 0.3) is 21.5 Å². The van der Waals surface area contributed by atoms with Gasteiger partial charge >= 0.3 is 5.97 Å². The Bertz CT molecular complexity index is 1470. The van der Waals surface area contributed by atoms with E-state index >= 15 is 0 Å². The molecule has 0 bridgehead atoms. The molecule has 2 N–H and O–H groups in total. The van der Waals surface area contributed by atoms with E-state index in [9.17, 15) is 15.0 Å². The Hall–Kier alpha value is -4.31. The second-order valence-electron chi connectivity index (χ2n) is 7.98. The number of hydrogen-bond donors (Lipinski definition) is 2. The minimum Gasteiger partial charge on any atom is -0.507 e. The highest BCUT2D eigenvalue weighted by Crippen LogP contribution is 2.55. The molecule has 0 unspecified atom stereocenters. The number of ether oxygens (including phenoxy) is 1. The van der Waals surface area contributed by atoms with Crippen LogP contribution in [0.15, 0.2) is 97.1 Å². The lowest BCUT2D eigenvalue weighted by Gasteiger charge is -2.33. The van der Waals surface area contributed by atoms with Gasteiger partial charge < -0.3 is 14.9 Å². The molecule has 0 aromatic heterocycles. The number of phenolic OH excluding ortho intramolecular Hbond substituents is 2. The number of carbonyl (C=O) groups is 1. The van der Waals surface area contributed by atoms with Gasteiger partial charge in [-0.05, 0) is 39.7 Å². The predicted octanol–water partition coefficient (Wildman–Crippen LogP) is 5.87. The van der Waals surface area contributed by atoms with E-state index < -0.39 is 11.6 Å².